The van der Waals surface area contributed by atoms with Gasteiger partial charge in [0.25, 0.3) is 0 Å². The molecule has 92 valence electrons. The Kier molecular flexibility index (Phi) is 9.91. The van der Waals surface area contributed by atoms with E-state index in [2.05, 4.69) is 18.8 Å². The normalized spacial score (nSPS) is 11.6. The fourth-order valence-electron chi connectivity index (χ4n) is 1.61. The molecule has 0 fully saturated rings. The van der Waals surface area contributed by atoms with Crippen molar-refractivity contribution in [2.45, 2.75) is 65.2 Å². The van der Waals surface area contributed by atoms with Crippen LogP contribution in [0, 0.1) is 17.8 Å². The third kappa shape index (κ3) is 8.35. The molecule has 0 aromatic carbocycles. The number of hydrogen-bond acceptors (Lipinski definition) is 1. The van der Waals surface area contributed by atoms with E-state index in [1.165, 1.54) is 25.7 Å². The molecule has 1 unspecified atom stereocenters. The van der Waals surface area contributed by atoms with Crippen LogP contribution in [0.2, 0.25) is 0 Å². The molecule has 0 aliphatic carbocycles. The van der Waals surface area contributed by atoms with Crippen LogP contribution in [0.5, 0.6) is 0 Å². The predicted octanol–water partition coefficient (Wildman–Crippen LogP) is 3.85. The summed E-state index contributed by atoms with van der Waals surface area (Å²) >= 11 is 0. The van der Waals surface area contributed by atoms with E-state index in [0.29, 0.717) is 6.42 Å². The van der Waals surface area contributed by atoms with Gasteiger partial charge in [-0.2, -0.15) is 0 Å². The average Bonchev–Trinajstić information content (AvgIpc) is 2.26. The maximum absolute atomic E-state index is 10.9. The van der Waals surface area contributed by atoms with Crippen molar-refractivity contribution in [1.29, 1.82) is 0 Å². The minimum Gasteiger partial charge on any atom is -0.480 e. The highest BCUT2D eigenvalue weighted by Gasteiger charge is 2.13. The van der Waals surface area contributed by atoms with Gasteiger partial charge in [-0.1, -0.05) is 58.3 Å². The quantitative estimate of drug-likeness (QED) is 0.502. The summed E-state index contributed by atoms with van der Waals surface area (Å²) in [5.74, 6) is 4.46. The predicted molar refractivity (Wildman–Crippen MR) is 67.2 cm³/mol. The smallest absolute Gasteiger partial charge is 0.318 e. The van der Waals surface area contributed by atoms with Gasteiger partial charge in [0.15, 0.2) is 0 Å². The lowest BCUT2D eigenvalue weighted by Gasteiger charge is -2.05. The molecular formula is C14H24O2. The number of hydrogen-bond donors (Lipinski definition) is 1. The molecule has 0 saturated carbocycles. The van der Waals surface area contributed by atoms with Crippen LogP contribution in [-0.4, -0.2) is 11.1 Å². The molecule has 0 aromatic rings. The summed E-state index contributed by atoms with van der Waals surface area (Å²) in [6, 6.07) is 0. The second-order valence-electron chi connectivity index (χ2n) is 4.12. The Bertz CT molecular complexity index is 235. The zero-order valence-electron chi connectivity index (χ0n) is 10.6. The van der Waals surface area contributed by atoms with Crippen LogP contribution in [0.1, 0.15) is 65.2 Å². The second-order valence-corrected chi connectivity index (χ2v) is 4.12. The van der Waals surface area contributed by atoms with Gasteiger partial charge in [0.2, 0.25) is 0 Å². The number of rotatable bonds is 8. The molecule has 0 radical (unpaired) electrons. The maximum atomic E-state index is 10.9. The van der Waals surface area contributed by atoms with Crippen LogP contribution in [0.25, 0.3) is 0 Å². The molecule has 0 aromatic heterocycles. The molecule has 0 spiro atoms. The minimum atomic E-state index is -0.769. The Morgan fingerprint density at radius 1 is 1.12 bits per heavy atom. The van der Waals surface area contributed by atoms with Gasteiger partial charge in [0.05, 0.1) is 0 Å². The monoisotopic (exact) mass is 224 g/mol. The molecule has 1 atom stereocenters. The van der Waals surface area contributed by atoms with Crippen LogP contribution < -0.4 is 0 Å². The molecule has 0 aliphatic rings. The van der Waals surface area contributed by atoms with E-state index >= 15 is 0 Å². The largest absolute Gasteiger partial charge is 0.480 e. The highest BCUT2D eigenvalue weighted by Crippen LogP contribution is 2.12. The molecule has 2 nitrogen and oxygen atoms in total. The Morgan fingerprint density at radius 3 is 2.31 bits per heavy atom. The summed E-state index contributed by atoms with van der Waals surface area (Å²) < 4.78 is 0. The van der Waals surface area contributed by atoms with Gasteiger partial charge >= 0.3 is 5.97 Å². The van der Waals surface area contributed by atoms with Crippen LogP contribution in [-0.2, 0) is 4.79 Å². The van der Waals surface area contributed by atoms with E-state index < -0.39 is 11.9 Å². The van der Waals surface area contributed by atoms with Gasteiger partial charge in [-0.15, -0.1) is 5.92 Å². The highest BCUT2D eigenvalue weighted by molar-refractivity contribution is 5.73. The summed E-state index contributed by atoms with van der Waals surface area (Å²) in [6.45, 7) is 4.14. The van der Waals surface area contributed by atoms with Crippen molar-refractivity contribution < 1.29 is 9.90 Å². The van der Waals surface area contributed by atoms with E-state index in [4.69, 9.17) is 5.11 Å². The van der Waals surface area contributed by atoms with Crippen LogP contribution >= 0.6 is 0 Å². The lowest BCUT2D eigenvalue weighted by Crippen LogP contribution is -2.11. The first-order chi connectivity index (χ1) is 7.72. The van der Waals surface area contributed by atoms with E-state index in [1.54, 1.807) is 0 Å². The van der Waals surface area contributed by atoms with Crippen LogP contribution in [0.4, 0.5) is 0 Å². The molecule has 0 aliphatic heterocycles. The summed E-state index contributed by atoms with van der Waals surface area (Å²) in [7, 11) is 0. The summed E-state index contributed by atoms with van der Waals surface area (Å²) in [5.41, 5.74) is 0. The lowest BCUT2D eigenvalue weighted by molar-refractivity contribution is -0.139. The van der Waals surface area contributed by atoms with Gasteiger partial charge in [-0.3, -0.25) is 4.79 Å². The number of carboxylic acids is 1. The zero-order chi connectivity index (χ0) is 12.2. The summed E-state index contributed by atoms with van der Waals surface area (Å²) in [6.07, 6.45) is 8.60. The molecule has 0 bridgehead atoms. The Morgan fingerprint density at radius 2 is 1.75 bits per heavy atom. The van der Waals surface area contributed by atoms with Crippen molar-refractivity contribution in [2.24, 2.45) is 5.92 Å². The molecule has 16 heavy (non-hydrogen) atoms. The maximum Gasteiger partial charge on any atom is 0.318 e. The third-order valence-electron chi connectivity index (χ3n) is 2.60. The summed E-state index contributed by atoms with van der Waals surface area (Å²) in [4.78, 5) is 10.9. The Hall–Kier alpha value is -0.970. The Balaban J connectivity index is 3.65. The van der Waals surface area contributed by atoms with E-state index in [9.17, 15) is 4.79 Å². The SMILES string of the molecule is CCC#CC(CCCCCCCC)C(=O)O. The fourth-order valence-corrected chi connectivity index (χ4v) is 1.61. The van der Waals surface area contributed by atoms with Crippen LogP contribution in [0.3, 0.4) is 0 Å². The second kappa shape index (κ2) is 10.5. The zero-order valence-corrected chi connectivity index (χ0v) is 10.6. The van der Waals surface area contributed by atoms with Gasteiger partial charge < -0.3 is 5.11 Å². The van der Waals surface area contributed by atoms with Crippen LogP contribution in [0.15, 0.2) is 0 Å². The summed E-state index contributed by atoms with van der Waals surface area (Å²) in [5, 5.41) is 8.94. The number of unbranched alkanes of at least 4 members (excludes halogenated alkanes) is 5. The first-order valence-corrected chi connectivity index (χ1v) is 6.43. The van der Waals surface area contributed by atoms with Crippen molar-refractivity contribution in [3.8, 4) is 11.8 Å². The molecule has 0 saturated heterocycles. The number of aliphatic carboxylic acids is 1. The minimum absolute atomic E-state index is 0.453. The number of carboxylic acid groups (broad SMARTS) is 1. The van der Waals surface area contributed by atoms with Crippen molar-refractivity contribution in [2.75, 3.05) is 0 Å². The Labute approximate surface area is 99.4 Å². The molecule has 2 heteroatoms. The van der Waals surface area contributed by atoms with Crippen molar-refractivity contribution in [1.82, 2.24) is 0 Å². The van der Waals surface area contributed by atoms with E-state index in [1.807, 2.05) is 6.92 Å². The van der Waals surface area contributed by atoms with Gasteiger partial charge in [0, 0.05) is 6.42 Å². The molecule has 0 rings (SSSR count). The van der Waals surface area contributed by atoms with Crippen molar-refractivity contribution in [3.63, 3.8) is 0 Å². The van der Waals surface area contributed by atoms with Crippen molar-refractivity contribution in [3.05, 3.63) is 0 Å². The van der Waals surface area contributed by atoms with Gasteiger partial charge in [-0.25, -0.2) is 0 Å². The lowest BCUT2D eigenvalue weighted by atomic mass is 10.0. The molecular weight excluding hydrogens is 200 g/mol. The van der Waals surface area contributed by atoms with E-state index in [0.717, 1.165) is 19.3 Å². The molecule has 0 amide bonds. The topological polar surface area (TPSA) is 37.3 Å². The van der Waals surface area contributed by atoms with Gasteiger partial charge in [0.1, 0.15) is 5.92 Å². The average molecular weight is 224 g/mol. The highest BCUT2D eigenvalue weighted by atomic mass is 16.4. The van der Waals surface area contributed by atoms with Gasteiger partial charge in [-0.05, 0) is 6.42 Å². The standard InChI is InChI=1S/C14H24O2/c1-3-5-7-8-9-10-12-13(14(15)16)11-6-4-2/h13H,3-5,7-10,12H2,1-2H3,(H,15,16). The molecule has 1 N–H and O–H groups in total. The van der Waals surface area contributed by atoms with Crippen molar-refractivity contribution >= 4 is 5.97 Å². The fraction of sp³-hybridized carbons (Fsp3) is 0.786. The third-order valence-corrected chi connectivity index (χ3v) is 2.60. The number of carbonyl (C=O) groups is 1. The van der Waals surface area contributed by atoms with E-state index in [-0.39, 0.29) is 0 Å². The first kappa shape index (κ1) is 15.0. The first-order valence-electron chi connectivity index (χ1n) is 6.43. The molecule has 0 heterocycles.